The molecule has 4 aromatic rings. The normalized spacial score (nSPS) is 11.2. The Morgan fingerprint density at radius 3 is 2.05 bits per heavy atom. The molecule has 1 unspecified atom stereocenters. The minimum Gasteiger partial charge on any atom is -0.484 e. The molecule has 37 heavy (non-hydrogen) atoms. The molecule has 186 valence electrons. The van der Waals surface area contributed by atoms with E-state index in [1.807, 2.05) is 60.7 Å². The molecule has 0 fully saturated rings. The molecule has 0 aromatic heterocycles. The summed E-state index contributed by atoms with van der Waals surface area (Å²) in [5.74, 6) is -0.570. The molecular formula is C29H25N3O4S. The average Bonchev–Trinajstić information content (AvgIpc) is 2.92. The molecular weight excluding hydrogens is 486 g/mol. The third-order valence-corrected chi connectivity index (χ3v) is 6.56. The van der Waals surface area contributed by atoms with Crippen molar-refractivity contribution in [1.29, 1.82) is 0 Å². The Morgan fingerprint density at radius 1 is 0.757 bits per heavy atom. The highest BCUT2D eigenvalue weighted by Crippen LogP contribution is 2.37. The number of hydrogen-bond donors (Lipinski definition) is 3. The Hall–Kier alpha value is -4.56. The van der Waals surface area contributed by atoms with Crippen LogP contribution in [-0.2, 0) is 9.59 Å². The number of thioether (sulfide) groups is 1. The van der Waals surface area contributed by atoms with Gasteiger partial charge in [-0.2, -0.15) is 0 Å². The van der Waals surface area contributed by atoms with Gasteiger partial charge in [0.2, 0.25) is 5.91 Å². The SMILES string of the molecule is NC(=O)c1ccccc1NC(=O)C(Sc1ccc(NC(=O)COc2ccccc2)cc1)c1ccccc1. The highest BCUT2D eigenvalue weighted by Gasteiger charge is 2.23. The zero-order valence-electron chi connectivity index (χ0n) is 19.8. The van der Waals surface area contributed by atoms with Crippen molar-refractivity contribution in [3.63, 3.8) is 0 Å². The van der Waals surface area contributed by atoms with E-state index < -0.39 is 11.2 Å². The van der Waals surface area contributed by atoms with E-state index in [9.17, 15) is 14.4 Å². The van der Waals surface area contributed by atoms with Gasteiger partial charge in [-0.1, -0.05) is 60.7 Å². The molecule has 1 atom stereocenters. The van der Waals surface area contributed by atoms with E-state index in [0.717, 1.165) is 10.5 Å². The summed E-state index contributed by atoms with van der Waals surface area (Å²) in [5, 5.41) is 5.05. The molecule has 3 amide bonds. The Bertz CT molecular complexity index is 1360. The van der Waals surface area contributed by atoms with Gasteiger partial charge in [-0.3, -0.25) is 14.4 Å². The van der Waals surface area contributed by atoms with Crippen LogP contribution in [0.5, 0.6) is 5.75 Å². The number of amides is 3. The monoisotopic (exact) mass is 511 g/mol. The second-order valence-electron chi connectivity index (χ2n) is 7.98. The van der Waals surface area contributed by atoms with Gasteiger partial charge in [0, 0.05) is 10.6 Å². The van der Waals surface area contributed by atoms with Crippen molar-refractivity contribution in [2.75, 3.05) is 17.2 Å². The Morgan fingerprint density at radius 2 is 1.38 bits per heavy atom. The predicted octanol–water partition coefficient (Wildman–Crippen LogP) is 5.28. The summed E-state index contributed by atoms with van der Waals surface area (Å²) in [6.45, 7) is -0.108. The van der Waals surface area contributed by atoms with E-state index in [1.165, 1.54) is 11.8 Å². The smallest absolute Gasteiger partial charge is 0.262 e. The summed E-state index contributed by atoms with van der Waals surface area (Å²) in [7, 11) is 0. The topological polar surface area (TPSA) is 111 Å². The van der Waals surface area contributed by atoms with Crippen LogP contribution < -0.4 is 21.1 Å². The number of anilines is 2. The van der Waals surface area contributed by atoms with E-state index in [-0.39, 0.29) is 24.0 Å². The molecule has 0 heterocycles. The van der Waals surface area contributed by atoms with Gasteiger partial charge in [-0.15, -0.1) is 11.8 Å². The lowest BCUT2D eigenvalue weighted by molar-refractivity contribution is -0.118. The fraction of sp³-hybridized carbons (Fsp3) is 0.0690. The average molecular weight is 512 g/mol. The van der Waals surface area contributed by atoms with E-state index in [0.29, 0.717) is 17.1 Å². The van der Waals surface area contributed by atoms with Gasteiger partial charge in [-0.05, 0) is 54.1 Å². The molecule has 0 saturated carbocycles. The predicted molar refractivity (Wildman–Crippen MR) is 146 cm³/mol. The van der Waals surface area contributed by atoms with Crippen LogP contribution in [0.4, 0.5) is 11.4 Å². The number of carbonyl (C=O) groups is 3. The lowest BCUT2D eigenvalue weighted by Crippen LogP contribution is -2.22. The second kappa shape index (κ2) is 12.4. The van der Waals surface area contributed by atoms with E-state index in [1.54, 1.807) is 48.5 Å². The first-order valence-electron chi connectivity index (χ1n) is 11.5. The van der Waals surface area contributed by atoms with Crippen LogP contribution in [0.25, 0.3) is 0 Å². The first kappa shape index (κ1) is 25.5. The Kier molecular flexibility index (Phi) is 8.57. The van der Waals surface area contributed by atoms with Crippen molar-refractivity contribution >= 4 is 40.9 Å². The van der Waals surface area contributed by atoms with Gasteiger partial charge in [0.1, 0.15) is 11.0 Å². The van der Waals surface area contributed by atoms with Crippen molar-refractivity contribution in [3.8, 4) is 5.75 Å². The molecule has 4 aromatic carbocycles. The van der Waals surface area contributed by atoms with Crippen molar-refractivity contribution < 1.29 is 19.1 Å². The van der Waals surface area contributed by atoms with Crippen LogP contribution in [0.15, 0.2) is 114 Å². The third kappa shape index (κ3) is 7.22. The van der Waals surface area contributed by atoms with Gasteiger partial charge < -0.3 is 21.1 Å². The molecule has 8 heteroatoms. The highest BCUT2D eigenvalue weighted by atomic mass is 32.2. The van der Waals surface area contributed by atoms with Crippen LogP contribution in [0.2, 0.25) is 0 Å². The number of hydrogen-bond acceptors (Lipinski definition) is 5. The van der Waals surface area contributed by atoms with Gasteiger partial charge in [0.15, 0.2) is 6.61 Å². The molecule has 0 spiro atoms. The number of carbonyl (C=O) groups excluding carboxylic acids is 3. The highest BCUT2D eigenvalue weighted by molar-refractivity contribution is 8.00. The summed E-state index contributed by atoms with van der Waals surface area (Å²) >= 11 is 1.35. The number of ether oxygens (including phenoxy) is 1. The van der Waals surface area contributed by atoms with Gasteiger partial charge in [0.05, 0.1) is 11.3 Å². The minimum absolute atomic E-state index is 0.108. The summed E-state index contributed by atoms with van der Waals surface area (Å²) in [6.07, 6.45) is 0. The summed E-state index contributed by atoms with van der Waals surface area (Å²) in [6, 6.07) is 32.3. The van der Waals surface area contributed by atoms with Crippen molar-refractivity contribution in [2.24, 2.45) is 5.73 Å². The molecule has 7 nitrogen and oxygen atoms in total. The number of primary amides is 1. The quantitative estimate of drug-likeness (QED) is 0.251. The maximum absolute atomic E-state index is 13.3. The van der Waals surface area contributed by atoms with Crippen LogP contribution >= 0.6 is 11.8 Å². The number of nitrogens with two attached hydrogens (primary N) is 1. The summed E-state index contributed by atoms with van der Waals surface area (Å²) in [5.41, 5.74) is 7.48. The van der Waals surface area contributed by atoms with Crippen LogP contribution in [0.1, 0.15) is 21.2 Å². The molecule has 0 aliphatic rings. The second-order valence-corrected chi connectivity index (χ2v) is 9.16. The van der Waals surface area contributed by atoms with Crippen molar-refractivity contribution in [1.82, 2.24) is 0 Å². The fourth-order valence-corrected chi connectivity index (χ4v) is 4.55. The van der Waals surface area contributed by atoms with Crippen molar-refractivity contribution in [2.45, 2.75) is 10.1 Å². The van der Waals surface area contributed by atoms with Gasteiger partial charge in [-0.25, -0.2) is 0 Å². The van der Waals surface area contributed by atoms with E-state index >= 15 is 0 Å². The van der Waals surface area contributed by atoms with Gasteiger partial charge >= 0.3 is 0 Å². The number of nitrogens with one attached hydrogen (secondary N) is 2. The maximum Gasteiger partial charge on any atom is 0.262 e. The molecule has 0 saturated heterocycles. The standard InChI is InChI=1S/C29H25N3O4S/c30-28(34)24-13-7-8-14-25(24)32-29(35)27(20-9-3-1-4-10-20)37-23-17-15-21(16-18-23)31-26(33)19-36-22-11-5-2-6-12-22/h1-18,27H,19H2,(H2,30,34)(H,31,33)(H,32,35). The molecule has 0 bridgehead atoms. The largest absolute Gasteiger partial charge is 0.484 e. The zero-order chi connectivity index (χ0) is 26.0. The van der Waals surface area contributed by atoms with Crippen LogP contribution in [0.3, 0.4) is 0 Å². The minimum atomic E-state index is -0.619. The maximum atomic E-state index is 13.3. The van der Waals surface area contributed by atoms with E-state index in [2.05, 4.69) is 10.6 Å². The third-order valence-electron chi connectivity index (χ3n) is 5.30. The molecule has 4 rings (SSSR count). The molecule has 4 N–H and O–H groups in total. The van der Waals surface area contributed by atoms with Crippen LogP contribution in [0, 0.1) is 0 Å². The Labute approximate surface area is 219 Å². The summed E-state index contributed by atoms with van der Waals surface area (Å²) < 4.78 is 5.47. The Balaban J connectivity index is 1.44. The first-order valence-corrected chi connectivity index (χ1v) is 12.4. The molecule has 0 aliphatic heterocycles. The number of para-hydroxylation sites is 2. The molecule has 0 radical (unpaired) electrons. The summed E-state index contributed by atoms with van der Waals surface area (Å²) in [4.78, 5) is 38.2. The van der Waals surface area contributed by atoms with E-state index in [4.69, 9.17) is 10.5 Å². The van der Waals surface area contributed by atoms with Crippen LogP contribution in [-0.4, -0.2) is 24.3 Å². The van der Waals surface area contributed by atoms with Gasteiger partial charge in [0.25, 0.3) is 11.8 Å². The lowest BCUT2D eigenvalue weighted by Gasteiger charge is -2.18. The number of benzene rings is 4. The lowest BCUT2D eigenvalue weighted by atomic mass is 10.1. The fourth-order valence-electron chi connectivity index (χ4n) is 3.52. The first-order chi connectivity index (χ1) is 18.0. The molecule has 0 aliphatic carbocycles. The number of rotatable bonds is 10. The van der Waals surface area contributed by atoms with Crippen molar-refractivity contribution in [3.05, 3.63) is 120 Å². The zero-order valence-corrected chi connectivity index (χ0v) is 20.6.